The molecular formula is C50H69BrN8O12S2. The lowest BCUT2D eigenvalue weighted by molar-refractivity contribution is -0.00591. The molecule has 0 spiro atoms. The van der Waals surface area contributed by atoms with E-state index in [1.807, 2.05) is 54.5 Å². The van der Waals surface area contributed by atoms with Gasteiger partial charge in [-0.1, -0.05) is 52.3 Å². The third-order valence-corrected chi connectivity index (χ3v) is 14.8. The average Bonchev–Trinajstić information content (AvgIpc) is 3.32. The molecule has 73 heavy (non-hydrogen) atoms. The van der Waals surface area contributed by atoms with E-state index in [4.69, 9.17) is 14.2 Å². The molecule has 2 aliphatic rings. The molecule has 0 saturated carbocycles. The maximum Gasteiger partial charge on any atom is 0.410 e. The molecule has 20 nitrogen and oxygen atoms in total. The number of rotatable bonds is 11. The molecule has 0 bridgehead atoms. The molecule has 2 aromatic heterocycles. The number of halogens is 1. The SMILES string of the molecule is COC(=O)c1ccc(CBr)nc1.COC(=O)c1ccc(CN(c2ccccc2)S(=O)(=O)N2C[C@@H](C)N(C(=O)OC(C)(C)C)[C@@H](C)C2)nc1.C[C@@H]1CN(S(=O)(=O)Nc2ccccc2)C[C@H](C)N1C(=O)OC(C)(C)C. The second-order valence-corrected chi connectivity index (χ2v) is 23.4. The van der Waals surface area contributed by atoms with Crippen molar-refractivity contribution in [3.63, 3.8) is 0 Å². The Labute approximate surface area is 438 Å². The molecule has 400 valence electrons. The third kappa shape index (κ3) is 17.4. The van der Waals surface area contributed by atoms with Crippen molar-refractivity contribution in [1.29, 1.82) is 0 Å². The number of anilines is 2. The Morgan fingerprint density at radius 1 is 0.616 bits per heavy atom. The van der Waals surface area contributed by atoms with Gasteiger partial charge in [-0.2, -0.15) is 25.4 Å². The van der Waals surface area contributed by atoms with Crippen molar-refractivity contribution in [2.24, 2.45) is 0 Å². The van der Waals surface area contributed by atoms with Crippen LogP contribution >= 0.6 is 15.9 Å². The third-order valence-electron chi connectivity index (χ3n) is 10.9. The van der Waals surface area contributed by atoms with E-state index in [1.54, 1.807) is 109 Å². The Morgan fingerprint density at radius 2 is 1.01 bits per heavy atom. The number of pyridine rings is 2. The molecule has 1 N–H and O–H groups in total. The van der Waals surface area contributed by atoms with Crippen LogP contribution in [0.25, 0.3) is 0 Å². The minimum absolute atomic E-state index is 0.0388. The van der Waals surface area contributed by atoms with Crippen molar-refractivity contribution in [3.8, 4) is 0 Å². The number of aromatic nitrogens is 2. The lowest BCUT2D eigenvalue weighted by Crippen LogP contribution is -2.62. The zero-order chi connectivity index (χ0) is 54.5. The lowest BCUT2D eigenvalue weighted by atomic mass is 10.1. The second kappa shape index (κ2) is 25.9. The van der Waals surface area contributed by atoms with Crippen LogP contribution in [0, 0.1) is 0 Å². The molecule has 23 heteroatoms. The van der Waals surface area contributed by atoms with E-state index < -0.39 is 61.9 Å². The zero-order valence-corrected chi connectivity index (χ0v) is 46.7. The highest BCUT2D eigenvalue weighted by Gasteiger charge is 2.42. The zero-order valence-electron chi connectivity index (χ0n) is 43.5. The number of piperazine rings is 2. The maximum atomic E-state index is 13.9. The van der Waals surface area contributed by atoms with Crippen LogP contribution in [0.2, 0.25) is 0 Å². The fourth-order valence-electron chi connectivity index (χ4n) is 7.69. The number of carbonyl (C=O) groups is 4. The number of carbonyl (C=O) groups excluding carboxylic acids is 4. The molecule has 2 fully saturated rings. The predicted molar refractivity (Wildman–Crippen MR) is 281 cm³/mol. The van der Waals surface area contributed by atoms with E-state index >= 15 is 0 Å². The molecule has 0 aliphatic carbocycles. The summed E-state index contributed by atoms with van der Waals surface area (Å²) in [5, 5.41) is 0.689. The van der Waals surface area contributed by atoms with Gasteiger partial charge in [-0.3, -0.25) is 19.0 Å². The Kier molecular flexibility index (Phi) is 21.1. The van der Waals surface area contributed by atoms with Crippen LogP contribution in [0.5, 0.6) is 0 Å². The van der Waals surface area contributed by atoms with Crippen molar-refractivity contribution < 1.29 is 55.0 Å². The smallest absolute Gasteiger partial charge is 0.410 e. The summed E-state index contributed by atoms with van der Waals surface area (Å²) < 4.78 is 79.9. The van der Waals surface area contributed by atoms with Crippen LogP contribution in [0.15, 0.2) is 97.3 Å². The summed E-state index contributed by atoms with van der Waals surface area (Å²) >= 11 is 3.26. The molecule has 2 saturated heterocycles. The predicted octanol–water partition coefficient (Wildman–Crippen LogP) is 7.89. The van der Waals surface area contributed by atoms with Gasteiger partial charge in [0.05, 0.1) is 49.0 Å². The quantitative estimate of drug-likeness (QED) is 0.0856. The van der Waals surface area contributed by atoms with Gasteiger partial charge in [0, 0.05) is 73.8 Å². The van der Waals surface area contributed by atoms with E-state index in [0.717, 1.165) is 5.69 Å². The van der Waals surface area contributed by atoms with Crippen molar-refractivity contribution >= 4 is 71.8 Å². The van der Waals surface area contributed by atoms with Gasteiger partial charge in [-0.25, -0.2) is 19.2 Å². The van der Waals surface area contributed by atoms with Gasteiger partial charge in [-0.05, 0) is 118 Å². The first-order valence-corrected chi connectivity index (χ1v) is 27.4. The Balaban J connectivity index is 0.000000268. The summed E-state index contributed by atoms with van der Waals surface area (Å²) in [5.41, 5.74) is 1.85. The number of benzene rings is 2. The van der Waals surface area contributed by atoms with Crippen LogP contribution in [0.1, 0.15) is 101 Å². The van der Waals surface area contributed by atoms with Gasteiger partial charge in [0.25, 0.3) is 0 Å². The highest BCUT2D eigenvalue weighted by molar-refractivity contribution is 9.08. The molecule has 6 rings (SSSR count). The van der Waals surface area contributed by atoms with E-state index in [2.05, 4.69) is 35.4 Å². The second-order valence-electron chi connectivity index (χ2n) is 19.3. The number of hydrogen-bond acceptors (Lipinski definition) is 14. The van der Waals surface area contributed by atoms with Crippen LogP contribution in [0.3, 0.4) is 0 Å². The number of esters is 2. The van der Waals surface area contributed by atoms with E-state index in [0.29, 0.717) is 28.0 Å². The molecule has 4 aromatic rings. The normalized spacial score (nSPS) is 18.6. The van der Waals surface area contributed by atoms with Gasteiger partial charge >= 0.3 is 44.5 Å². The molecule has 2 aliphatic heterocycles. The lowest BCUT2D eigenvalue weighted by Gasteiger charge is -2.45. The first kappa shape index (κ1) is 59.7. The van der Waals surface area contributed by atoms with Crippen molar-refractivity contribution in [2.45, 2.75) is 116 Å². The number of methoxy groups -OCH3 is 2. The molecule has 4 heterocycles. The monoisotopic (exact) mass is 1120 g/mol. The van der Waals surface area contributed by atoms with Gasteiger partial charge < -0.3 is 28.7 Å². The summed E-state index contributed by atoms with van der Waals surface area (Å²) in [5.74, 6) is -0.879. The number of ether oxygens (including phenoxy) is 4. The van der Waals surface area contributed by atoms with E-state index in [-0.39, 0.29) is 56.3 Å². The van der Waals surface area contributed by atoms with E-state index in [1.165, 1.54) is 39.5 Å². The number of hydrogen-bond donors (Lipinski definition) is 1. The molecule has 0 radical (unpaired) electrons. The topological polar surface area (TPSA) is 227 Å². The summed E-state index contributed by atoms with van der Waals surface area (Å²) in [4.78, 5) is 59.3. The number of amides is 2. The highest BCUT2D eigenvalue weighted by Crippen LogP contribution is 2.28. The fourth-order valence-corrected chi connectivity index (χ4v) is 11.2. The maximum absolute atomic E-state index is 13.9. The minimum atomic E-state index is -4.00. The highest BCUT2D eigenvalue weighted by atomic mass is 79.9. The molecule has 2 amide bonds. The Hall–Kier alpha value is -5.88. The van der Waals surface area contributed by atoms with Crippen LogP contribution in [-0.2, 0) is 51.2 Å². The molecule has 2 aromatic carbocycles. The standard InChI is InChI=1S/C25H34N4O6S.C17H27N3O4S.C8H8BrNO2/c1-18-15-27(16-19(2)29(18)24(31)35-25(3,4)5)36(32,33)28(22-10-8-7-9-11-22)17-21-13-12-20(14-26-21)23(30)34-6;1-13-11-19(25(22,23)18-15-9-7-6-8-10-15)12-14(2)20(13)16(21)24-17(3,4)5;1-12-8(11)6-2-3-7(4-9)10-5-6/h7-14,18-19H,15-17H2,1-6H3;6-10,13-14,18H,11-12H2,1-5H3;2-3,5H,4H2,1H3/t18-,19+;13-,14+;. The summed E-state index contributed by atoms with van der Waals surface area (Å²) in [6, 6.07) is 22.8. The molecule has 0 unspecified atom stereocenters. The Bertz CT molecular complexity index is 2650. The number of nitrogens with one attached hydrogen (secondary N) is 1. The summed E-state index contributed by atoms with van der Waals surface area (Å²) in [7, 11) is -5.05. The van der Waals surface area contributed by atoms with Crippen molar-refractivity contribution in [3.05, 3.63) is 120 Å². The Morgan fingerprint density at radius 3 is 1.38 bits per heavy atom. The first-order chi connectivity index (χ1) is 34.1. The average molecular weight is 1120 g/mol. The van der Waals surface area contributed by atoms with Crippen molar-refractivity contribution in [2.75, 3.05) is 49.4 Å². The first-order valence-electron chi connectivity index (χ1n) is 23.4. The minimum Gasteiger partial charge on any atom is -0.465 e. The molecule has 4 atom stereocenters. The number of para-hydroxylation sites is 2. The van der Waals surface area contributed by atoms with Gasteiger partial charge in [0.2, 0.25) is 0 Å². The molecular weight excluding hydrogens is 1050 g/mol. The largest absolute Gasteiger partial charge is 0.465 e. The fraction of sp³-hybridized carbons (Fsp3) is 0.480. The summed E-state index contributed by atoms with van der Waals surface area (Å²) in [6.07, 6.45) is 1.98. The van der Waals surface area contributed by atoms with Crippen LogP contribution < -0.4 is 9.03 Å². The number of nitrogens with zero attached hydrogens (tertiary/aromatic N) is 7. The van der Waals surface area contributed by atoms with Gasteiger partial charge in [0.1, 0.15) is 11.2 Å². The van der Waals surface area contributed by atoms with Gasteiger partial charge in [-0.15, -0.1) is 0 Å². The number of alkyl halides is 1. The summed E-state index contributed by atoms with van der Waals surface area (Å²) in [6.45, 7) is 18.7. The van der Waals surface area contributed by atoms with Crippen molar-refractivity contribution in [1.82, 2.24) is 28.4 Å². The van der Waals surface area contributed by atoms with Crippen LogP contribution in [-0.4, -0.2) is 145 Å². The van der Waals surface area contributed by atoms with Gasteiger partial charge in [0.15, 0.2) is 0 Å². The van der Waals surface area contributed by atoms with Crippen LogP contribution in [0.4, 0.5) is 21.0 Å². The van der Waals surface area contributed by atoms with E-state index in [9.17, 15) is 36.0 Å².